The summed E-state index contributed by atoms with van der Waals surface area (Å²) in [5.41, 5.74) is 1.94. The van der Waals surface area contributed by atoms with E-state index in [1.54, 1.807) is 7.11 Å². The van der Waals surface area contributed by atoms with Gasteiger partial charge in [-0.05, 0) is 26.0 Å². The molecule has 0 unspecified atom stereocenters. The van der Waals surface area contributed by atoms with Crippen molar-refractivity contribution in [3.05, 3.63) is 45.5 Å². The van der Waals surface area contributed by atoms with Gasteiger partial charge in [0, 0.05) is 16.4 Å². The molecular weight excluding hydrogens is 258 g/mol. The maximum absolute atomic E-state index is 11.0. The molecule has 1 aromatic rings. The van der Waals surface area contributed by atoms with Crippen molar-refractivity contribution in [1.29, 1.82) is 0 Å². The highest BCUT2D eigenvalue weighted by atomic mass is 16.6. The van der Waals surface area contributed by atoms with Crippen LogP contribution in [0.5, 0.6) is 11.5 Å². The summed E-state index contributed by atoms with van der Waals surface area (Å²) in [6, 6.07) is 5.49. The Kier molecular flexibility index (Phi) is 4.27. The lowest BCUT2D eigenvalue weighted by Gasteiger charge is -2.31. The molecule has 1 aliphatic rings. The highest BCUT2D eigenvalue weighted by Crippen LogP contribution is 2.43. The van der Waals surface area contributed by atoms with Crippen LogP contribution < -0.4 is 9.47 Å². The van der Waals surface area contributed by atoms with E-state index in [9.17, 15) is 10.1 Å². The lowest BCUT2D eigenvalue weighted by atomic mass is 9.82. The zero-order valence-electron chi connectivity index (χ0n) is 12.0. The number of hydrogen-bond donors (Lipinski definition) is 0. The number of benzene rings is 1. The van der Waals surface area contributed by atoms with Gasteiger partial charge in [-0.2, -0.15) is 0 Å². The lowest BCUT2D eigenvalue weighted by molar-refractivity contribution is -0.484. The van der Waals surface area contributed by atoms with Crippen LogP contribution >= 0.6 is 0 Å². The summed E-state index contributed by atoms with van der Waals surface area (Å²) in [6.45, 7) is 4.32. The fourth-order valence-corrected chi connectivity index (χ4v) is 2.69. The molecule has 0 bridgehead atoms. The Morgan fingerprint density at radius 2 is 2.30 bits per heavy atom. The molecule has 2 rings (SSSR count). The first-order valence-electron chi connectivity index (χ1n) is 6.59. The number of hydrogen-bond acceptors (Lipinski definition) is 4. The van der Waals surface area contributed by atoms with Crippen LogP contribution in [-0.4, -0.2) is 25.2 Å². The molecule has 2 atom stereocenters. The second-order valence-electron chi connectivity index (χ2n) is 5.21. The van der Waals surface area contributed by atoms with Crippen LogP contribution in [-0.2, 0) is 0 Å². The van der Waals surface area contributed by atoms with Crippen molar-refractivity contribution in [2.75, 3.05) is 20.3 Å². The van der Waals surface area contributed by atoms with Gasteiger partial charge in [-0.3, -0.25) is 10.1 Å². The topological polar surface area (TPSA) is 61.6 Å². The molecule has 0 spiro atoms. The third-order valence-corrected chi connectivity index (χ3v) is 3.46. The number of methoxy groups -OCH3 is 1. The van der Waals surface area contributed by atoms with Crippen molar-refractivity contribution < 1.29 is 14.4 Å². The summed E-state index contributed by atoms with van der Waals surface area (Å²) in [7, 11) is 1.57. The van der Waals surface area contributed by atoms with E-state index in [1.165, 1.54) is 0 Å². The van der Waals surface area contributed by atoms with Crippen molar-refractivity contribution in [2.45, 2.75) is 19.8 Å². The molecule has 0 aliphatic carbocycles. The zero-order valence-corrected chi connectivity index (χ0v) is 12.0. The van der Waals surface area contributed by atoms with Crippen LogP contribution in [0.15, 0.2) is 29.8 Å². The largest absolute Gasteiger partial charge is 0.496 e. The van der Waals surface area contributed by atoms with Crippen molar-refractivity contribution in [3.63, 3.8) is 0 Å². The Labute approximate surface area is 118 Å². The van der Waals surface area contributed by atoms with Crippen LogP contribution in [0.25, 0.3) is 0 Å². The summed E-state index contributed by atoms with van der Waals surface area (Å²) in [5, 5.41) is 11.0. The van der Waals surface area contributed by atoms with E-state index in [4.69, 9.17) is 9.47 Å². The lowest BCUT2D eigenvalue weighted by Crippen LogP contribution is -2.30. The van der Waals surface area contributed by atoms with E-state index >= 15 is 0 Å². The Morgan fingerprint density at radius 1 is 1.55 bits per heavy atom. The second kappa shape index (κ2) is 5.94. The van der Waals surface area contributed by atoms with Gasteiger partial charge < -0.3 is 9.47 Å². The van der Waals surface area contributed by atoms with E-state index < -0.39 is 0 Å². The first-order chi connectivity index (χ1) is 9.52. The maximum Gasteiger partial charge on any atom is 0.211 e. The Bertz CT molecular complexity index is 520. The maximum atomic E-state index is 11.0. The third kappa shape index (κ3) is 2.92. The summed E-state index contributed by atoms with van der Waals surface area (Å²) in [6.07, 6.45) is 2.05. The molecule has 0 amide bonds. The van der Waals surface area contributed by atoms with Gasteiger partial charge in [-0.25, -0.2) is 0 Å². The zero-order chi connectivity index (χ0) is 14.7. The Balaban J connectivity index is 2.48. The summed E-state index contributed by atoms with van der Waals surface area (Å²) in [4.78, 5) is 10.7. The van der Waals surface area contributed by atoms with E-state index in [-0.39, 0.29) is 23.3 Å². The average molecular weight is 277 g/mol. The van der Waals surface area contributed by atoms with E-state index in [0.717, 1.165) is 11.1 Å². The number of ether oxygens (including phenoxy) is 2. The predicted octanol–water partition coefficient (Wildman–Crippen LogP) is 3.03. The number of nitrogens with zero attached hydrogens (tertiary/aromatic N) is 1. The molecule has 1 heterocycles. The molecule has 0 aromatic heterocycles. The van der Waals surface area contributed by atoms with Crippen molar-refractivity contribution in [2.24, 2.45) is 5.92 Å². The van der Waals surface area contributed by atoms with Gasteiger partial charge in [0.2, 0.25) is 6.54 Å². The van der Waals surface area contributed by atoms with Crippen LogP contribution in [0.2, 0.25) is 0 Å². The van der Waals surface area contributed by atoms with Gasteiger partial charge in [-0.15, -0.1) is 0 Å². The van der Waals surface area contributed by atoms with E-state index in [1.807, 2.05) is 38.1 Å². The predicted molar refractivity (Wildman–Crippen MR) is 76.0 cm³/mol. The highest BCUT2D eigenvalue weighted by molar-refractivity contribution is 5.49. The number of rotatable bonds is 4. The van der Waals surface area contributed by atoms with Crippen molar-refractivity contribution >= 4 is 0 Å². The van der Waals surface area contributed by atoms with Crippen LogP contribution in [0.4, 0.5) is 0 Å². The molecule has 1 aliphatic heterocycles. The monoisotopic (exact) mass is 277 g/mol. The van der Waals surface area contributed by atoms with Gasteiger partial charge in [0.1, 0.15) is 11.5 Å². The smallest absolute Gasteiger partial charge is 0.211 e. The minimum absolute atomic E-state index is 0.00537. The highest BCUT2D eigenvalue weighted by Gasteiger charge is 2.35. The average Bonchev–Trinajstić information content (AvgIpc) is 2.39. The number of nitro groups is 1. The number of fused-ring (bicyclic) bond motifs is 1. The van der Waals surface area contributed by atoms with Crippen molar-refractivity contribution in [1.82, 2.24) is 0 Å². The number of allylic oxidation sites excluding steroid dienone is 1. The second-order valence-corrected chi connectivity index (χ2v) is 5.21. The Hall–Kier alpha value is -2.04. The molecule has 5 heteroatoms. The minimum atomic E-state index is -0.266. The molecule has 0 saturated carbocycles. The fourth-order valence-electron chi connectivity index (χ4n) is 2.69. The molecule has 5 nitrogen and oxygen atoms in total. The van der Waals surface area contributed by atoms with Gasteiger partial charge in [0.05, 0.1) is 19.6 Å². The first-order valence-corrected chi connectivity index (χ1v) is 6.59. The fraction of sp³-hybridized carbons (Fsp3) is 0.467. The van der Waals surface area contributed by atoms with Crippen molar-refractivity contribution in [3.8, 4) is 11.5 Å². The van der Waals surface area contributed by atoms with Crippen LogP contribution in [0, 0.1) is 16.0 Å². The molecule has 0 radical (unpaired) electrons. The molecule has 1 aromatic carbocycles. The van der Waals surface area contributed by atoms with E-state index in [2.05, 4.69) is 0 Å². The van der Waals surface area contributed by atoms with Crippen LogP contribution in [0.1, 0.15) is 25.3 Å². The molecule has 0 fully saturated rings. The summed E-state index contributed by atoms with van der Waals surface area (Å²) >= 11 is 0. The van der Waals surface area contributed by atoms with Gasteiger partial charge in [0.25, 0.3) is 0 Å². The molecular formula is C15H19NO4. The normalized spacial score (nSPS) is 20.6. The molecule has 0 saturated heterocycles. The molecule has 108 valence electrons. The molecule has 0 N–H and O–H groups in total. The minimum Gasteiger partial charge on any atom is -0.496 e. The molecule has 20 heavy (non-hydrogen) atoms. The van der Waals surface area contributed by atoms with Crippen LogP contribution in [0.3, 0.4) is 0 Å². The van der Waals surface area contributed by atoms with Gasteiger partial charge >= 0.3 is 0 Å². The van der Waals surface area contributed by atoms with E-state index in [0.29, 0.717) is 18.1 Å². The standard InChI is InChI=1S/C15H19NO4/c1-10(2)7-11-9-20-14-6-4-5-13(19-3)15(14)12(11)8-16(17)18/h4-7,11-12H,8-9H2,1-3H3/t11-,12-/m1/s1. The summed E-state index contributed by atoms with van der Waals surface area (Å²) < 4.78 is 11.1. The third-order valence-electron chi connectivity index (χ3n) is 3.46. The SMILES string of the molecule is COc1cccc2c1[C@H](C[N+](=O)[O-])[C@H](C=C(C)C)CO2. The Morgan fingerprint density at radius 3 is 2.90 bits per heavy atom. The first kappa shape index (κ1) is 14.4. The quantitative estimate of drug-likeness (QED) is 0.482. The van der Waals surface area contributed by atoms with Gasteiger partial charge in [-0.1, -0.05) is 17.7 Å². The van der Waals surface area contributed by atoms with Gasteiger partial charge in [0.15, 0.2) is 0 Å². The summed E-state index contributed by atoms with van der Waals surface area (Å²) in [5.74, 6) is 1.12.